The Morgan fingerprint density at radius 1 is 1.15 bits per heavy atom. The van der Waals surface area contributed by atoms with Crippen molar-refractivity contribution in [2.75, 3.05) is 17.2 Å². The first-order valence-corrected chi connectivity index (χ1v) is 7.64. The summed E-state index contributed by atoms with van der Waals surface area (Å²) in [5, 5.41) is 8.01. The minimum atomic E-state index is 0.562. The third kappa shape index (κ3) is 2.84. The SMILES string of the molecule is CCCNc1nc(NC2CCCC2)c2ccccc2n1. The van der Waals surface area contributed by atoms with Crippen molar-refractivity contribution in [2.24, 2.45) is 0 Å². The number of para-hydroxylation sites is 1. The molecule has 1 heterocycles. The average Bonchev–Trinajstić information content (AvgIpc) is 2.98. The average molecular weight is 270 g/mol. The second-order valence-electron chi connectivity index (χ2n) is 5.47. The standard InChI is InChI=1S/C16H22N4/c1-2-11-17-16-19-14-10-6-5-9-13(14)15(20-16)18-12-7-3-4-8-12/h5-6,9-10,12H,2-4,7-8,11H2,1H3,(H2,17,18,19,20). The van der Waals surface area contributed by atoms with Gasteiger partial charge in [-0.3, -0.25) is 0 Å². The van der Waals surface area contributed by atoms with Crippen molar-refractivity contribution >= 4 is 22.7 Å². The van der Waals surface area contributed by atoms with E-state index in [4.69, 9.17) is 0 Å². The Kier molecular flexibility index (Phi) is 4.00. The molecule has 0 unspecified atom stereocenters. The van der Waals surface area contributed by atoms with E-state index in [-0.39, 0.29) is 0 Å². The molecule has 3 rings (SSSR count). The van der Waals surface area contributed by atoms with Crippen LogP contribution < -0.4 is 10.6 Å². The van der Waals surface area contributed by atoms with E-state index in [0.717, 1.165) is 35.6 Å². The number of benzene rings is 1. The normalized spacial score (nSPS) is 15.7. The Morgan fingerprint density at radius 3 is 2.75 bits per heavy atom. The molecule has 1 fully saturated rings. The lowest BCUT2D eigenvalue weighted by Gasteiger charge is -2.15. The molecule has 0 aliphatic heterocycles. The largest absolute Gasteiger partial charge is 0.367 e. The lowest BCUT2D eigenvalue weighted by atomic mass is 10.2. The molecule has 0 saturated heterocycles. The Balaban J connectivity index is 1.93. The van der Waals surface area contributed by atoms with Crippen molar-refractivity contribution in [1.82, 2.24) is 9.97 Å². The van der Waals surface area contributed by atoms with Gasteiger partial charge in [-0.15, -0.1) is 0 Å². The number of fused-ring (bicyclic) bond motifs is 1. The molecule has 0 bridgehead atoms. The fourth-order valence-electron chi connectivity index (χ4n) is 2.77. The maximum absolute atomic E-state index is 4.67. The van der Waals surface area contributed by atoms with Crippen molar-refractivity contribution in [3.05, 3.63) is 24.3 Å². The number of nitrogens with zero attached hydrogens (tertiary/aromatic N) is 2. The van der Waals surface area contributed by atoms with E-state index in [1.165, 1.54) is 25.7 Å². The van der Waals surface area contributed by atoms with Crippen LogP contribution in [0, 0.1) is 0 Å². The minimum absolute atomic E-state index is 0.562. The molecule has 1 aromatic carbocycles. The summed E-state index contributed by atoms with van der Waals surface area (Å²) in [6.45, 7) is 3.05. The van der Waals surface area contributed by atoms with Crippen molar-refractivity contribution in [1.29, 1.82) is 0 Å². The second-order valence-corrected chi connectivity index (χ2v) is 5.47. The van der Waals surface area contributed by atoms with Crippen LogP contribution in [0.25, 0.3) is 10.9 Å². The van der Waals surface area contributed by atoms with E-state index in [9.17, 15) is 0 Å². The van der Waals surface area contributed by atoms with Gasteiger partial charge in [-0.05, 0) is 31.4 Å². The van der Waals surface area contributed by atoms with Crippen LogP contribution >= 0.6 is 0 Å². The highest BCUT2D eigenvalue weighted by molar-refractivity contribution is 5.90. The van der Waals surface area contributed by atoms with E-state index < -0.39 is 0 Å². The molecule has 1 aliphatic carbocycles. The highest BCUT2D eigenvalue weighted by Gasteiger charge is 2.17. The van der Waals surface area contributed by atoms with Gasteiger partial charge < -0.3 is 10.6 Å². The maximum Gasteiger partial charge on any atom is 0.225 e. The van der Waals surface area contributed by atoms with Gasteiger partial charge in [-0.1, -0.05) is 31.9 Å². The summed E-state index contributed by atoms with van der Waals surface area (Å²) in [6.07, 6.45) is 6.21. The molecule has 4 nitrogen and oxygen atoms in total. The van der Waals surface area contributed by atoms with Crippen molar-refractivity contribution < 1.29 is 0 Å². The van der Waals surface area contributed by atoms with Crippen LogP contribution in [0.15, 0.2) is 24.3 Å². The van der Waals surface area contributed by atoms with Crippen LogP contribution in [0.5, 0.6) is 0 Å². The topological polar surface area (TPSA) is 49.8 Å². The second kappa shape index (κ2) is 6.07. The first-order chi connectivity index (χ1) is 9.86. The molecular formula is C16H22N4. The summed E-state index contributed by atoms with van der Waals surface area (Å²) < 4.78 is 0. The summed E-state index contributed by atoms with van der Waals surface area (Å²) in [5.74, 6) is 1.70. The third-order valence-electron chi connectivity index (χ3n) is 3.83. The molecule has 1 saturated carbocycles. The van der Waals surface area contributed by atoms with Gasteiger partial charge >= 0.3 is 0 Å². The van der Waals surface area contributed by atoms with Gasteiger partial charge in [0.05, 0.1) is 5.52 Å². The van der Waals surface area contributed by atoms with Gasteiger partial charge in [-0.2, -0.15) is 4.98 Å². The molecule has 20 heavy (non-hydrogen) atoms. The molecule has 1 aliphatic rings. The van der Waals surface area contributed by atoms with E-state index in [1.807, 2.05) is 18.2 Å². The molecular weight excluding hydrogens is 248 g/mol. The zero-order valence-electron chi connectivity index (χ0n) is 12.0. The zero-order valence-corrected chi connectivity index (χ0v) is 12.0. The molecule has 2 aromatic rings. The molecule has 0 atom stereocenters. The zero-order chi connectivity index (χ0) is 13.8. The van der Waals surface area contributed by atoms with Crippen LogP contribution in [0.2, 0.25) is 0 Å². The molecule has 0 spiro atoms. The van der Waals surface area contributed by atoms with E-state index in [0.29, 0.717) is 6.04 Å². The smallest absolute Gasteiger partial charge is 0.225 e. The van der Waals surface area contributed by atoms with Crippen molar-refractivity contribution in [2.45, 2.75) is 45.1 Å². The monoisotopic (exact) mass is 270 g/mol. The number of rotatable bonds is 5. The fraction of sp³-hybridized carbons (Fsp3) is 0.500. The Morgan fingerprint density at radius 2 is 1.95 bits per heavy atom. The lowest BCUT2D eigenvalue weighted by Crippen LogP contribution is -2.17. The van der Waals surface area contributed by atoms with Crippen LogP contribution in [0.4, 0.5) is 11.8 Å². The van der Waals surface area contributed by atoms with E-state index >= 15 is 0 Å². The summed E-state index contributed by atoms with van der Waals surface area (Å²) in [5.41, 5.74) is 1.00. The number of anilines is 2. The van der Waals surface area contributed by atoms with E-state index in [1.54, 1.807) is 0 Å². The van der Waals surface area contributed by atoms with Crippen LogP contribution in [0.1, 0.15) is 39.0 Å². The third-order valence-corrected chi connectivity index (χ3v) is 3.83. The predicted molar refractivity (Wildman–Crippen MR) is 84.2 cm³/mol. The fourth-order valence-corrected chi connectivity index (χ4v) is 2.77. The summed E-state index contributed by atoms with van der Waals surface area (Å²) in [6, 6.07) is 8.78. The van der Waals surface area contributed by atoms with Crippen LogP contribution in [0.3, 0.4) is 0 Å². The van der Waals surface area contributed by atoms with Gasteiger partial charge in [0.15, 0.2) is 0 Å². The molecule has 2 N–H and O–H groups in total. The predicted octanol–water partition coefficient (Wildman–Crippen LogP) is 3.81. The van der Waals surface area contributed by atoms with Crippen molar-refractivity contribution in [3.63, 3.8) is 0 Å². The number of hydrogen-bond acceptors (Lipinski definition) is 4. The maximum atomic E-state index is 4.67. The van der Waals surface area contributed by atoms with E-state index in [2.05, 4.69) is 33.6 Å². The number of hydrogen-bond donors (Lipinski definition) is 2. The van der Waals surface area contributed by atoms with Crippen molar-refractivity contribution in [3.8, 4) is 0 Å². The molecule has 106 valence electrons. The summed E-state index contributed by atoms with van der Waals surface area (Å²) in [4.78, 5) is 9.25. The first-order valence-electron chi connectivity index (χ1n) is 7.64. The minimum Gasteiger partial charge on any atom is -0.367 e. The van der Waals surface area contributed by atoms with Gasteiger partial charge in [0.1, 0.15) is 5.82 Å². The number of nitrogens with one attached hydrogen (secondary N) is 2. The van der Waals surface area contributed by atoms with Gasteiger partial charge in [0.25, 0.3) is 0 Å². The Labute approximate surface area is 120 Å². The lowest BCUT2D eigenvalue weighted by molar-refractivity contribution is 0.751. The highest BCUT2D eigenvalue weighted by Crippen LogP contribution is 2.26. The summed E-state index contributed by atoms with van der Waals surface area (Å²) in [7, 11) is 0. The van der Waals surface area contributed by atoms with Gasteiger partial charge in [0.2, 0.25) is 5.95 Å². The van der Waals surface area contributed by atoms with Gasteiger partial charge in [-0.25, -0.2) is 4.98 Å². The molecule has 1 aromatic heterocycles. The van der Waals surface area contributed by atoms with Crippen LogP contribution in [-0.2, 0) is 0 Å². The Hall–Kier alpha value is -1.84. The number of aromatic nitrogens is 2. The van der Waals surface area contributed by atoms with Gasteiger partial charge in [0, 0.05) is 18.0 Å². The molecule has 0 radical (unpaired) electrons. The van der Waals surface area contributed by atoms with Crippen LogP contribution in [-0.4, -0.2) is 22.6 Å². The quantitative estimate of drug-likeness (QED) is 0.867. The molecule has 0 amide bonds. The Bertz CT molecular complexity index is 576. The highest BCUT2D eigenvalue weighted by atomic mass is 15.1. The summed E-state index contributed by atoms with van der Waals surface area (Å²) >= 11 is 0. The molecule has 4 heteroatoms. The first kappa shape index (κ1) is 13.2.